The minimum absolute atomic E-state index is 0.170. The van der Waals surface area contributed by atoms with E-state index in [0.29, 0.717) is 30.5 Å². The summed E-state index contributed by atoms with van der Waals surface area (Å²) >= 11 is 0. The first-order chi connectivity index (χ1) is 18.7. The number of urea groups is 1. The van der Waals surface area contributed by atoms with Gasteiger partial charge in [-0.2, -0.15) is 5.10 Å². The second-order valence-corrected chi connectivity index (χ2v) is 11.0. The standard InChI is InChI=1S/C31H37N5O3/c1-21-10-13-24(14-11-21)36-28(20-27(34-36)31(3,4)5)32-30(37)33-29-25-9-7-6-8-23(25)12-15-26(29)39-22(2)35-16-18-38-19-17-35/h6-15,20,22H,16-19H2,1-5H3,(H2,32,33,37). The molecule has 1 aliphatic rings. The van der Waals surface area contributed by atoms with Gasteiger partial charge >= 0.3 is 6.03 Å². The fourth-order valence-electron chi connectivity index (χ4n) is 4.66. The van der Waals surface area contributed by atoms with Crippen molar-refractivity contribution < 1.29 is 14.3 Å². The summed E-state index contributed by atoms with van der Waals surface area (Å²) in [7, 11) is 0. The maximum atomic E-state index is 13.5. The van der Waals surface area contributed by atoms with Crippen LogP contribution < -0.4 is 15.4 Å². The lowest BCUT2D eigenvalue weighted by Crippen LogP contribution is -2.44. The molecule has 2 N–H and O–H groups in total. The van der Waals surface area contributed by atoms with Gasteiger partial charge in [-0.05, 0) is 37.4 Å². The topological polar surface area (TPSA) is 80.7 Å². The first-order valence-corrected chi connectivity index (χ1v) is 13.4. The number of nitrogens with zero attached hydrogens (tertiary/aromatic N) is 3. The minimum atomic E-state index is -0.371. The molecule has 1 atom stereocenters. The third-order valence-electron chi connectivity index (χ3n) is 6.98. The summed E-state index contributed by atoms with van der Waals surface area (Å²) in [5.74, 6) is 1.20. The van der Waals surface area contributed by atoms with Crippen LogP contribution in [0.5, 0.6) is 5.75 Å². The number of hydrogen-bond donors (Lipinski definition) is 2. The molecule has 39 heavy (non-hydrogen) atoms. The van der Waals surface area contributed by atoms with Crippen molar-refractivity contribution >= 4 is 28.3 Å². The molecule has 0 spiro atoms. The molecule has 3 aromatic carbocycles. The smallest absolute Gasteiger partial charge is 0.324 e. The van der Waals surface area contributed by atoms with E-state index in [4.69, 9.17) is 14.6 Å². The van der Waals surface area contributed by atoms with Gasteiger partial charge in [-0.3, -0.25) is 10.2 Å². The summed E-state index contributed by atoms with van der Waals surface area (Å²) in [6.07, 6.45) is -0.170. The third-order valence-corrected chi connectivity index (χ3v) is 6.98. The van der Waals surface area contributed by atoms with E-state index in [-0.39, 0.29) is 17.7 Å². The van der Waals surface area contributed by atoms with Crippen LogP contribution in [0, 0.1) is 6.92 Å². The van der Waals surface area contributed by atoms with Gasteiger partial charge in [0.05, 0.1) is 30.3 Å². The zero-order valence-corrected chi connectivity index (χ0v) is 23.3. The second-order valence-electron chi connectivity index (χ2n) is 11.0. The number of anilines is 2. The Bertz CT molecular complexity index is 1450. The van der Waals surface area contributed by atoms with E-state index >= 15 is 0 Å². The van der Waals surface area contributed by atoms with E-state index in [2.05, 4.69) is 36.3 Å². The third kappa shape index (κ3) is 6.08. The molecule has 5 rings (SSSR count). The van der Waals surface area contributed by atoms with E-state index in [0.717, 1.165) is 40.8 Å². The average molecular weight is 528 g/mol. The molecule has 8 nitrogen and oxygen atoms in total. The first kappa shape index (κ1) is 26.7. The summed E-state index contributed by atoms with van der Waals surface area (Å²) < 4.78 is 13.7. The Morgan fingerprint density at radius 1 is 1.00 bits per heavy atom. The number of benzene rings is 3. The number of aryl methyl sites for hydroxylation is 1. The van der Waals surface area contributed by atoms with Crippen LogP contribution in [0.15, 0.2) is 66.7 Å². The van der Waals surface area contributed by atoms with Crippen molar-refractivity contribution in [2.24, 2.45) is 0 Å². The molecule has 1 saturated heterocycles. The molecule has 2 heterocycles. The number of carbonyl (C=O) groups excluding carboxylic acids is 1. The SMILES string of the molecule is Cc1ccc(-n2nc(C(C)(C)C)cc2NC(=O)Nc2c(OC(C)N3CCOCC3)ccc3ccccc23)cc1. The molecule has 0 aliphatic carbocycles. The molecule has 0 bridgehead atoms. The van der Waals surface area contributed by atoms with E-state index < -0.39 is 0 Å². The van der Waals surface area contributed by atoms with Gasteiger partial charge in [0.15, 0.2) is 0 Å². The van der Waals surface area contributed by atoms with Crippen LogP contribution in [0.2, 0.25) is 0 Å². The van der Waals surface area contributed by atoms with E-state index in [9.17, 15) is 4.79 Å². The Balaban J connectivity index is 1.45. The highest BCUT2D eigenvalue weighted by Gasteiger charge is 2.23. The van der Waals surface area contributed by atoms with Crippen LogP contribution in [0.3, 0.4) is 0 Å². The number of nitrogens with one attached hydrogen (secondary N) is 2. The van der Waals surface area contributed by atoms with Crippen molar-refractivity contribution in [3.05, 3.63) is 78.0 Å². The number of morpholine rings is 1. The lowest BCUT2D eigenvalue weighted by atomic mass is 9.92. The molecule has 1 aliphatic heterocycles. The molecule has 204 valence electrons. The number of amides is 2. The number of rotatable bonds is 6. The van der Waals surface area contributed by atoms with E-state index in [1.54, 1.807) is 4.68 Å². The van der Waals surface area contributed by atoms with Gasteiger partial charge in [-0.25, -0.2) is 9.48 Å². The van der Waals surface area contributed by atoms with Gasteiger partial charge in [0, 0.05) is 30.0 Å². The van der Waals surface area contributed by atoms with E-state index in [1.807, 2.05) is 80.6 Å². The fraction of sp³-hybridized carbons (Fsp3) is 0.355. The zero-order chi connectivity index (χ0) is 27.6. The molecule has 2 amide bonds. The molecule has 0 saturated carbocycles. The van der Waals surface area contributed by atoms with Crippen molar-refractivity contribution in [3.8, 4) is 11.4 Å². The lowest BCUT2D eigenvalue weighted by molar-refractivity contribution is -0.0370. The molecule has 1 unspecified atom stereocenters. The summed E-state index contributed by atoms with van der Waals surface area (Å²) in [4.78, 5) is 15.7. The van der Waals surface area contributed by atoms with Gasteiger partial charge < -0.3 is 14.8 Å². The Morgan fingerprint density at radius 3 is 2.44 bits per heavy atom. The van der Waals surface area contributed by atoms with Crippen molar-refractivity contribution in [2.75, 3.05) is 36.9 Å². The monoisotopic (exact) mass is 527 g/mol. The number of carbonyl (C=O) groups is 1. The predicted molar refractivity (Wildman–Crippen MR) is 156 cm³/mol. The molecular formula is C31H37N5O3. The van der Waals surface area contributed by atoms with Crippen molar-refractivity contribution in [2.45, 2.75) is 46.3 Å². The van der Waals surface area contributed by atoms with Crippen LogP contribution in [-0.2, 0) is 10.2 Å². The van der Waals surface area contributed by atoms with Gasteiger partial charge in [-0.15, -0.1) is 0 Å². The second kappa shape index (κ2) is 11.1. The number of aromatic nitrogens is 2. The highest BCUT2D eigenvalue weighted by Crippen LogP contribution is 2.35. The Labute approximate surface area is 229 Å². The van der Waals surface area contributed by atoms with Gasteiger partial charge in [0.25, 0.3) is 0 Å². The van der Waals surface area contributed by atoms with Crippen molar-refractivity contribution in [1.29, 1.82) is 0 Å². The molecule has 8 heteroatoms. The van der Waals surface area contributed by atoms with Crippen LogP contribution in [0.25, 0.3) is 16.5 Å². The van der Waals surface area contributed by atoms with Crippen LogP contribution in [-0.4, -0.2) is 53.2 Å². The fourth-order valence-corrected chi connectivity index (χ4v) is 4.66. The molecule has 1 aromatic heterocycles. The average Bonchev–Trinajstić information content (AvgIpc) is 3.35. The Kier molecular flexibility index (Phi) is 7.59. The van der Waals surface area contributed by atoms with Crippen molar-refractivity contribution in [1.82, 2.24) is 14.7 Å². The Hall–Kier alpha value is -3.88. The summed E-state index contributed by atoms with van der Waals surface area (Å²) in [5, 5.41) is 12.9. The van der Waals surface area contributed by atoms with Crippen LogP contribution in [0.4, 0.5) is 16.3 Å². The van der Waals surface area contributed by atoms with Crippen LogP contribution in [0.1, 0.15) is 39.0 Å². The highest BCUT2D eigenvalue weighted by molar-refractivity contribution is 6.08. The maximum absolute atomic E-state index is 13.5. The molecule has 0 radical (unpaired) electrons. The quantitative estimate of drug-likeness (QED) is 0.306. The minimum Gasteiger partial charge on any atom is -0.473 e. The van der Waals surface area contributed by atoms with Gasteiger partial charge in [0.2, 0.25) is 0 Å². The number of hydrogen-bond acceptors (Lipinski definition) is 5. The molecule has 4 aromatic rings. The Morgan fingerprint density at radius 2 is 1.72 bits per heavy atom. The summed E-state index contributed by atoms with van der Waals surface area (Å²) in [6.45, 7) is 13.4. The summed E-state index contributed by atoms with van der Waals surface area (Å²) in [6, 6.07) is 21.5. The first-order valence-electron chi connectivity index (χ1n) is 13.4. The molecule has 1 fully saturated rings. The lowest BCUT2D eigenvalue weighted by Gasteiger charge is -2.32. The van der Waals surface area contributed by atoms with Crippen molar-refractivity contribution in [3.63, 3.8) is 0 Å². The predicted octanol–water partition coefficient (Wildman–Crippen LogP) is 6.33. The largest absolute Gasteiger partial charge is 0.473 e. The number of fused-ring (bicyclic) bond motifs is 1. The zero-order valence-electron chi connectivity index (χ0n) is 23.3. The van der Waals surface area contributed by atoms with E-state index in [1.165, 1.54) is 0 Å². The van der Waals surface area contributed by atoms with Crippen LogP contribution >= 0.6 is 0 Å². The van der Waals surface area contributed by atoms with Gasteiger partial charge in [0.1, 0.15) is 17.8 Å². The van der Waals surface area contributed by atoms with Gasteiger partial charge in [-0.1, -0.05) is 68.8 Å². The number of ether oxygens (including phenoxy) is 2. The highest BCUT2D eigenvalue weighted by atomic mass is 16.5. The summed E-state index contributed by atoms with van der Waals surface area (Å²) in [5.41, 5.74) is 3.36. The molecular weight excluding hydrogens is 490 g/mol. The maximum Gasteiger partial charge on any atom is 0.324 e. The normalized spacial score (nSPS) is 15.2.